The van der Waals surface area contributed by atoms with Crippen LogP contribution in [0.25, 0.3) is 22.3 Å². The average Bonchev–Trinajstić information content (AvgIpc) is 3.38. The largest absolute Gasteiger partial charge is 0.469 e. The molecule has 2 N–H and O–H groups in total. The first-order valence-electron chi connectivity index (χ1n) is 8.50. The molecule has 5 nitrogen and oxygen atoms in total. The first-order chi connectivity index (χ1) is 12.8. The summed E-state index contributed by atoms with van der Waals surface area (Å²) in [5.74, 6) is 2.41. The number of anilines is 1. The molecule has 0 amide bonds. The predicted molar refractivity (Wildman–Crippen MR) is 104 cm³/mol. The monoisotopic (exact) mass is 365 g/mol. The van der Waals surface area contributed by atoms with Gasteiger partial charge in [-0.2, -0.15) is 11.3 Å². The number of hydrogen-bond acceptors (Lipinski definition) is 6. The van der Waals surface area contributed by atoms with E-state index < -0.39 is 0 Å². The molecule has 1 atom stereocenters. The molecule has 0 spiro atoms. The van der Waals surface area contributed by atoms with Crippen molar-refractivity contribution in [2.45, 2.75) is 6.42 Å². The van der Waals surface area contributed by atoms with E-state index >= 15 is 0 Å². The summed E-state index contributed by atoms with van der Waals surface area (Å²) in [6.07, 6.45) is 2.33. The minimum absolute atomic E-state index is 0.0412. The number of fused-ring (bicyclic) bond motifs is 1. The van der Waals surface area contributed by atoms with Crippen LogP contribution in [0.3, 0.4) is 0 Å². The average molecular weight is 365 g/mol. The molecule has 0 fully saturated rings. The molecule has 4 aromatic rings. The molecule has 0 aliphatic heterocycles. The summed E-state index contributed by atoms with van der Waals surface area (Å²) in [7, 11) is 0. The number of hydrogen-bond donors (Lipinski definition) is 2. The lowest BCUT2D eigenvalue weighted by molar-refractivity contribution is 0.226. The minimum Gasteiger partial charge on any atom is -0.469 e. The Balaban J connectivity index is 1.60. The molecule has 132 valence electrons. The maximum absolute atomic E-state index is 9.71. The van der Waals surface area contributed by atoms with Crippen molar-refractivity contribution in [3.8, 4) is 11.4 Å². The summed E-state index contributed by atoms with van der Waals surface area (Å²) in [6.45, 7) is 0.676. The quantitative estimate of drug-likeness (QED) is 0.513. The molecule has 6 heteroatoms. The van der Waals surface area contributed by atoms with E-state index in [2.05, 4.69) is 10.3 Å². The molecule has 3 aromatic heterocycles. The van der Waals surface area contributed by atoms with Gasteiger partial charge in [-0.15, -0.1) is 0 Å². The smallest absolute Gasteiger partial charge is 0.162 e. The lowest BCUT2D eigenvalue weighted by atomic mass is 10.1. The van der Waals surface area contributed by atoms with Crippen molar-refractivity contribution in [3.63, 3.8) is 0 Å². The summed E-state index contributed by atoms with van der Waals surface area (Å²) < 4.78 is 5.39. The molecule has 1 aromatic carbocycles. The van der Waals surface area contributed by atoms with Crippen LogP contribution in [0.5, 0.6) is 0 Å². The second-order valence-electron chi connectivity index (χ2n) is 6.14. The highest BCUT2D eigenvalue weighted by Gasteiger charge is 2.14. The zero-order chi connectivity index (χ0) is 17.8. The SMILES string of the molecule is OC[C@@H](CNc1nc(-c2ccsc2)nc2ccccc12)Cc1ccco1. The van der Waals surface area contributed by atoms with Crippen LogP contribution in [0, 0.1) is 5.92 Å². The van der Waals surface area contributed by atoms with Gasteiger partial charge in [0, 0.05) is 41.8 Å². The molecule has 0 radical (unpaired) electrons. The number of aliphatic hydroxyl groups excluding tert-OH is 1. The normalized spacial score (nSPS) is 12.3. The van der Waals surface area contributed by atoms with Crippen molar-refractivity contribution in [3.05, 3.63) is 65.2 Å². The third-order valence-corrected chi connectivity index (χ3v) is 4.95. The molecular weight excluding hydrogens is 346 g/mol. The van der Waals surface area contributed by atoms with Crippen molar-refractivity contribution in [1.29, 1.82) is 0 Å². The fourth-order valence-corrected chi connectivity index (χ4v) is 3.52. The zero-order valence-corrected chi connectivity index (χ0v) is 14.9. The predicted octanol–water partition coefficient (Wildman–Crippen LogP) is 4.21. The maximum atomic E-state index is 9.71. The molecule has 0 saturated heterocycles. The van der Waals surface area contributed by atoms with E-state index in [0.29, 0.717) is 18.8 Å². The molecule has 26 heavy (non-hydrogen) atoms. The fraction of sp³-hybridized carbons (Fsp3) is 0.200. The Bertz CT molecular complexity index is 968. The highest BCUT2D eigenvalue weighted by atomic mass is 32.1. The standard InChI is InChI=1S/C20H19N3O2S/c24-12-14(10-16-4-3-8-25-16)11-21-20-17-5-1-2-6-18(17)22-19(23-20)15-7-9-26-13-15/h1-9,13-14,24H,10-12H2,(H,21,22,23)/t14-/m1/s1. The van der Waals surface area contributed by atoms with Gasteiger partial charge in [0.05, 0.1) is 11.8 Å². The molecule has 0 aliphatic carbocycles. The van der Waals surface area contributed by atoms with Gasteiger partial charge in [0.25, 0.3) is 0 Å². The van der Waals surface area contributed by atoms with Gasteiger partial charge in [0.15, 0.2) is 5.82 Å². The number of benzene rings is 1. The second-order valence-corrected chi connectivity index (χ2v) is 6.92. The summed E-state index contributed by atoms with van der Waals surface area (Å²) in [5.41, 5.74) is 1.91. The van der Waals surface area contributed by atoms with E-state index in [1.165, 1.54) is 0 Å². The minimum atomic E-state index is 0.0412. The van der Waals surface area contributed by atoms with E-state index in [9.17, 15) is 5.11 Å². The number of nitrogens with one attached hydrogen (secondary N) is 1. The van der Waals surface area contributed by atoms with Gasteiger partial charge < -0.3 is 14.8 Å². The van der Waals surface area contributed by atoms with Gasteiger partial charge in [-0.05, 0) is 35.7 Å². The number of aromatic nitrogens is 2. The van der Waals surface area contributed by atoms with Crippen LogP contribution in [-0.4, -0.2) is 28.2 Å². The van der Waals surface area contributed by atoms with Crippen molar-refractivity contribution in [2.24, 2.45) is 5.92 Å². The van der Waals surface area contributed by atoms with Crippen molar-refractivity contribution < 1.29 is 9.52 Å². The van der Waals surface area contributed by atoms with E-state index in [1.54, 1.807) is 17.6 Å². The van der Waals surface area contributed by atoms with Crippen molar-refractivity contribution in [1.82, 2.24) is 9.97 Å². The highest BCUT2D eigenvalue weighted by Crippen LogP contribution is 2.26. The van der Waals surface area contributed by atoms with E-state index in [1.807, 2.05) is 53.2 Å². The first-order valence-corrected chi connectivity index (χ1v) is 9.44. The fourth-order valence-electron chi connectivity index (χ4n) is 2.89. The van der Waals surface area contributed by atoms with Gasteiger partial charge in [-0.3, -0.25) is 0 Å². The Morgan fingerprint density at radius 1 is 1.12 bits per heavy atom. The number of para-hydroxylation sites is 1. The van der Waals surface area contributed by atoms with Crippen LogP contribution in [0.2, 0.25) is 0 Å². The molecule has 0 bridgehead atoms. The first kappa shape index (κ1) is 16.8. The van der Waals surface area contributed by atoms with Crippen LogP contribution in [0.4, 0.5) is 5.82 Å². The van der Waals surface area contributed by atoms with Crippen LogP contribution in [-0.2, 0) is 6.42 Å². The van der Waals surface area contributed by atoms with E-state index in [0.717, 1.165) is 28.0 Å². The number of thiophene rings is 1. The molecule has 0 unspecified atom stereocenters. The van der Waals surface area contributed by atoms with Gasteiger partial charge in [-0.1, -0.05) is 12.1 Å². The number of rotatable bonds is 7. The lowest BCUT2D eigenvalue weighted by Crippen LogP contribution is -2.21. The highest BCUT2D eigenvalue weighted by molar-refractivity contribution is 7.08. The van der Waals surface area contributed by atoms with Crippen LogP contribution in [0.1, 0.15) is 5.76 Å². The van der Waals surface area contributed by atoms with Crippen molar-refractivity contribution >= 4 is 28.1 Å². The molecule has 0 saturated carbocycles. The third-order valence-electron chi connectivity index (χ3n) is 4.27. The summed E-state index contributed by atoms with van der Waals surface area (Å²) in [4.78, 5) is 9.40. The Morgan fingerprint density at radius 3 is 2.81 bits per heavy atom. The summed E-state index contributed by atoms with van der Waals surface area (Å²) in [5, 5.41) is 18.1. The van der Waals surface area contributed by atoms with Gasteiger partial charge in [0.2, 0.25) is 0 Å². The van der Waals surface area contributed by atoms with E-state index in [4.69, 9.17) is 9.40 Å². The Hall–Kier alpha value is -2.70. The lowest BCUT2D eigenvalue weighted by Gasteiger charge is -2.16. The Kier molecular flexibility index (Phi) is 4.95. The van der Waals surface area contributed by atoms with Gasteiger partial charge >= 0.3 is 0 Å². The zero-order valence-electron chi connectivity index (χ0n) is 14.1. The van der Waals surface area contributed by atoms with Crippen LogP contribution in [0.15, 0.2) is 63.9 Å². The Morgan fingerprint density at radius 2 is 2.04 bits per heavy atom. The van der Waals surface area contributed by atoms with Crippen molar-refractivity contribution in [2.75, 3.05) is 18.5 Å². The molecule has 0 aliphatic rings. The summed E-state index contributed by atoms with van der Waals surface area (Å²) >= 11 is 1.63. The van der Waals surface area contributed by atoms with Gasteiger partial charge in [-0.25, -0.2) is 9.97 Å². The Labute approximate surface area is 155 Å². The molecular formula is C20H19N3O2S. The third kappa shape index (κ3) is 3.61. The number of nitrogens with zero attached hydrogens (tertiary/aromatic N) is 2. The maximum Gasteiger partial charge on any atom is 0.162 e. The molecule has 4 rings (SSSR count). The van der Waals surface area contributed by atoms with Gasteiger partial charge in [0.1, 0.15) is 11.6 Å². The van der Waals surface area contributed by atoms with Crippen LogP contribution < -0.4 is 5.32 Å². The number of furan rings is 1. The second kappa shape index (κ2) is 7.68. The summed E-state index contributed by atoms with van der Waals surface area (Å²) in [6, 6.07) is 13.8. The number of aliphatic hydroxyl groups is 1. The van der Waals surface area contributed by atoms with Crippen LogP contribution >= 0.6 is 11.3 Å². The molecule has 3 heterocycles. The topological polar surface area (TPSA) is 71.2 Å². The van der Waals surface area contributed by atoms with E-state index in [-0.39, 0.29) is 12.5 Å².